The van der Waals surface area contributed by atoms with Crippen LogP contribution < -0.4 is 5.56 Å². The average molecular weight is 302 g/mol. The first kappa shape index (κ1) is 13.9. The molecule has 3 rings (SSSR count). The molecule has 0 unspecified atom stereocenters. The molecule has 1 aliphatic rings. The van der Waals surface area contributed by atoms with Crippen LogP contribution >= 0.6 is 12.6 Å². The summed E-state index contributed by atoms with van der Waals surface area (Å²) in [7, 11) is 0. The molecule has 1 saturated carbocycles. The highest BCUT2D eigenvalue weighted by atomic mass is 32.1. The van der Waals surface area contributed by atoms with Gasteiger partial charge >= 0.3 is 0 Å². The van der Waals surface area contributed by atoms with Crippen molar-refractivity contribution in [3.8, 4) is 11.3 Å². The second-order valence-electron chi connectivity index (χ2n) is 5.11. The fourth-order valence-corrected chi connectivity index (χ4v) is 2.64. The van der Waals surface area contributed by atoms with E-state index in [-0.39, 0.29) is 17.3 Å². The van der Waals surface area contributed by atoms with Gasteiger partial charge in [-0.05, 0) is 36.6 Å². The molecule has 0 spiro atoms. The summed E-state index contributed by atoms with van der Waals surface area (Å²) < 4.78 is 1.80. The lowest BCUT2D eigenvalue weighted by atomic mass is 10.1. The maximum atomic E-state index is 12.5. The highest BCUT2D eigenvalue weighted by Gasteiger charge is 2.27. The number of non-ortho nitro benzene ring substituents is 1. The summed E-state index contributed by atoms with van der Waals surface area (Å²) in [5.74, 6) is 0.409. The van der Waals surface area contributed by atoms with Gasteiger partial charge in [-0.3, -0.25) is 14.9 Å². The van der Waals surface area contributed by atoms with Crippen molar-refractivity contribution in [1.82, 2.24) is 4.57 Å². The van der Waals surface area contributed by atoms with Crippen molar-refractivity contribution in [2.24, 2.45) is 0 Å². The molecule has 0 amide bonds. The Morgan fingerprint density at radius 2 is 1.86 bits per heavy atom. The molecular formula is C15H14N2O3S. The van der Waals surface area contributed by atoms with Crippen LogP contribution in [0.2, 0.25) is 0 Å². The minimum Gasteiger partial charge on any atom is -0.305 e. The Morgan fingerprint density at radius 1 is 1.19 bits per heavy atom. The first-order chi connectivity index (χ1) is 10.1. The van der Waals surface area contributed by atoms with Gasteiger partial charge in [0, 0.05) is 29.5 Å². The van der Waals surface area contributed by atoms with Gasteiger partial charge in [0.2, 0.25) is 0 Å². The van der Waals surface area contributed by atoms with Crippen molar-refractivity contribution in [3.63, 3.8) is 0 Å². The molecule has 1 aromatic carbocycles. The number of thiol groups is 1. The van der Waals surface area contributed by atoms with Gasteiger partial charge < -0.3 is 4.57 Å². The zero-order valence-corrected chi connectivity index (χ0v) is 12.1. The van der Waals surface area contributed by atoms with Crippen LogP contribution in [-0.4, -0.2) is 9.49 Å². The molecule has 6 heteroatoms. The van der Waals surface area contributed by atoms with Crippen LogP contribution in [-0.2, 0) is 5.75 Å². The monoisotopic (exact) mass is 302 g/mol. The smallest absolute Gasteiger partial charge is 0.269 e. The van der Waals surface area contributed by atoms with E-state index in [2.05, 4.69) is 12.6 Å². The van der Waals surface area contributed by atoms with Crippen molar-refractivity contribution in [2.45, 2.75) is 24.6 Å². The summed E-state index contributed by atoms with van der Waals surface area (Å²) in [6.45, 7) is 0. The number of hydrogen-bond acceptors (Lipinski definition) is 4. The molecule has 0 N–H and O–H groups in total. The van der Waals surface area contributed by atoms with E-state index in [4.69, 9.17) is 0 Å². The van der Waals surface area contributed by atoms with E-state index in [9.17, 15) is 14.9 Å². The maximum Gasteiger partial charge on any atom is 0.269 e. The lowest BCUT2D eigenvalue weighted by Crippen LogP contribution is -2.23. The van der Waals surface area contributed by atoms with Crippen LogP contribution in [0, 0.1) is 10.1 Å². The quantitative estimate of drug-likeness (QED) is 0.536. The highest BCUT2D eigenvalue weighted by molar-refractivity contribution is 7.79. The van der Waals surface area contributed by atoms with E-state index in [1.54, 1.807) is 22.8 Å². The predicted octanol–water partition coefficient (Wildman–Crippen LogP) is 3.19. The summed E-state index contributed by atoms with van der Waals surface area (Å²) in [5, 5.41) is 10.7. The summed E-state index contributed by atoms with van der Waals surface area (Å²) in [5.41, 5.74) is 2.34. The Bertz CT molecular complexity index is 749. The predicted molar refractivity (Wildman–Crippen MR) is 83.8 cm³/mol. The first-order valence-electron chi connectivity index (χ1n) is 6.72. The Labute approximate surface area is 126 Å². The van der Waals surface area contributed by atoms with Crippen LogP contribution in [0.15, 0.2) is 41.2 Å². The van der Waals surface area contributed by atoms with Crippen molar-refractivity contribution < 1.29 is 4.92 Å². The summed E-state index contributed by atoms with van der Waals surface area (Å²) >= 11 is 4.19. The van der Waals surface area contributed by atoms with Gasteiger partial charge in [-0.15, -0.1) is 0 Å². The highest BCUT2D eigenvalue weighted by Crippen LogP contribution is 2.37. The van der Waals surface area contributed by atoms with Gasteiger partial charge in [0.1, 0.15) is 0 Å². The molecule has 0 aliphatic heterocycles. The molecule has 108 valence electrons. The third-order valence-electron chi connectivity index (χ3n) is 3.65. The lowest BCUT2D eigenvalue weighted by molar-refractivity contribution is -0.384. The number of aromatic nitrogens is 1. The zero-order chi connectivity index (χ0) is 15.0. The van der Waals surface area contributed by atoms with E-state index >= 15 is 0 Å². The SMILES string of the molecule is O=c1c(CS)ccc(-c2ccc([N+](=O)[O-])cc2)n1C1CC1. The van der Waals surface area contributed by atoms with E-state index in [1.165, 1.54) is 12.1 Å². The standard InChI is InChI=1S/C15H14N2O3S/c18-15-11(9-21)3-8-14(16(15)12-6-7-12)10-1-4-13(5-2-10)17(19)20/h1-5,8,12,21H,6-7,9H2. The molecular weight excluding hydrogens is 288 g/mol. The van der Waals surface area contributed by atoms with Crippen molar-refractivity contribution in [2.75, 3.05) is 0 Å². The molecule has 0 atom stereocenters. The van der Waals surface area contributed by atoms with Gasteiger partial charge in [-0.2, -0.15) is 12.6 Å². The van der Waals surface area contributed by atoms with Gasteiger partial charge in [0.25, 0.3) is 11.2 Å². The van der Waals surface area contributed by atoms with Crippen LogP contribution in [0.25, 0.3) is 11.3 Å². The normalized spacial score (nSPS) is 14.1. The topological polar surface area (TPSA) is 65.1 Å². The van der Waals surface area contributed by atoms with Gasteiger partial charge in [-0.25, -0.2) is 0 Å². The number of benzene rings is 1. The number of hydrogen-bond donors (Lipinski definition) is 1. The van der Waals surface area contributed by atoms with Crippen LogP contribution in [0.5, 0.6) is 0 Å². The number of pyridine rings is 1. The third-order valence-corrected chi connectivity index (χ3v) is 3.99. The van der Waals surface area contributed by atoms with E-state index < -0.39 is 4.92 Å². The molecule has 0 bridgehead atoms. The maximum absolute atomic E-state index is 12.5. The van der Waals surface area contributed by atoms with Gasteiger partial charge in [-0.1, -0.05) is 6.07 Å². The third kappa shape index (κ3) is 2.58. The number of rotatable bonds is 4. The van der Waals surface area contributed by atoms with Crippen LogP contribution in [0.4, 0.5) is 5.69 Å². The fraction of sp³-hybridized carbons (Fsp3) is 0.267. The Kier molecular flexibility index (Phi) is 3.55. The number of nitro benzene ring substituents is 1. The molecule has 2 aromatic rings. The second kappa shape index (κ2) is 5.37. The second-order valence-corrected chi connectivity index (χ2v) is 5.43. The summed E-state index contributed by atoms with van der Waals surface area (Å²) in [4.78, 5) is 22.7. The van der Waals surface area contributed by atoms with Crippen LogP contribution in [0.1, 0.15) is 24.4 Å². The molecule has 1 aliphatic carbocycles. The lowest BCUT2D eigenvalue weighted by Gasteiger charge is -2.13. The van der Waals surface area contributed by atoms with Gasteiger partial charge in [0.15, 0.2) is 0 Å². The largest absolute Gasteiger partial charge is 0.305 e. The Balaban J connectivity index is 2.11. The summed E-state index contributed by atoms with van der Waals surface area (Å²) in [6, 6.07) is 10.2. The minimum atomic E-state index is -0.429. The molecule has 1 heterocycles. The molecule has 0 radical (unpaired) electrons. The number of nitrogens with zero attached hydrogens (tertiary/aromatic N) is 2. The van der Waals surface area contributed by atoms with Crippen molar-refractivity contribution in [3.05, 3.63) is 62.4 Å². The molecule has 5 nitrogen and oxygen atoms in total. The average Bonchev–Trinajstić information content (AvgIpc) is 3.31. The fourth-order valence-electron chi connectivity index (χ4n) is 2.40. The van der Waals surface area contributed by atoms with E-state index in [0.717, 1.165) is 24.1 Å². The number of nitro groups is 1. The first-order valence-corrected chi connectivity index (χ1v) is 7.35. The molecule has 1 aromatic heterocycles. The van der Waals surface area contributed by atoms with Crippen molar-refractivity contribution >= 4 is 18.3 Å². The van der Waals surface area contributed by atoms with E-state index in [0.29, 0.717) is 11.3 Å². The Morgan fingerprint density at radius 3 is 2.38 bits per heavy atom. The molecule has 1 fully saturated rings. The Hall–Kier alpha value is -2.08. The zero-order valence-electron chi connectivity index (χ0n) is 11.2. The summed E-state index contributed by atoms with van der Waals surface area (Å²) in [6.07, 6.45) is 1.99. The van der Waals surface area contributed by atoms with Crippen LogP contribution in [0.3, 0.4) is 0 Å². The molecule has 0 saturated heterocycles. The minimum absolute atomic E-state index is 0.0108. The van der Waals surface area contributed by atoms with Gasteiger partial charge in [0.05, 0.1) is 10.6 Å². The van der Waals surface area contributed by atoms with E-state index in [1.807, 2.05) is 6.07 Å². The molecule has 21 heavy (non-hydrogen) atoms. The van der Waals surface area contributed by atoms with Crippen molar-refractivity contribution in [1.29, 1.82) is 0 Å².